The molecule has 0 aliphatic carbocycles. The number of hydrogen-bond acceptors (Lipinski definition) is 3. The molecule has 4 aromatic rings. The van der Waals surface area contributed by atoms with Crippen molar-refractivity contribution in [3.05, 3.63) is 77.6 Å². The lowest BCUT2D eigenvalue weighted by Crippen LogP contribution is -2.41. The molecule has 0 saturated carbocycles. The summed E-state index contributed by atoms with van der Waals surface area (Å²) in [4.78, 5) is 19.8. The summed E-state index contributed by atoms with van der Waals surface area (Å²) in [6, 6.07) is 14.1. The second-order valence-electron chi connectivity index (χ2n) is 7.57. The normalized spacial score (nSPS) is 16.1. The molecule has 1 aliphatic heterocycles. The Morgan fingerprint density at radius 1 is 1.17 bits per heavy atom. The fraction of sp³-hybridized carbons (Fsp3) is 0.261. The van der Waals surface area contributed by atoms with Gasteiger partial charge in [-0.25, -0.2) is 13.9 Å². The molecule has 0 radical (unpaired) electrons. The lowest BCUT2D eigenvalue weighted by atomic mass is 10.1. The summed E-state index contributed by atoms with van der Waals surface area (Å²) in [6.07, 6.45) is 2.72. The third-order valence-electron chi connectivity index (χ3n) is 5.83. The van der Waals surface area contributed by atoms with Gasteiger partial charge >= 0.3 is 0 Å². The highest BCUT2D eigenvalue weighted by Gasteiger charge is 2.29. The van der Waals surface area contributed by atoms with Crippen molar-refractivity contribution in [3.8, 4) is 11.3 Å². The number of benzene rings is 1. The number of aryl methyl sites for hydroxylation is 1. The van der Waals surface area contributed by atoms with Gasteiger partial charge in [0.1, 0.15) is 11.5 Å². The van der Waals surface area contributed by atoms with E-state index in [9.17, 15) is 9.18 Å². The van der Waals surface area contributed by atoms with E-state index in [1.54, 1.807) is 34.8 Å². The maximum atomic E-state index is 14.2. The van der Waals surface area contributed by atoms with Crippen LogP contribution in [0, 0.1) is 5.82 Å². The Morgan fingerprint density at radius 2 is 2.00 bits per heavy atom. The van der Waals surface area contributed by atoms with E-state index >= 15 is 0 Å². The third kappa shape index (κ3) is 2.89. The number of carbonyl (C=O) groups is 1. The number of amides is 1. The maximum Gasteiger partial charge on any atom is 0.273 e. The van der Waals surface area contributed by atoms with E-state index in [4.69, 9.17) is 0 Å². The molecule has 0 spiro atoms. The van der Waals surface area contributed by atoms with Gasteiger partial charge in [0.05, 0.1) is 11.7 Å². The fourth-order valence-corrected chi connectivity index (χ4v) is 4.20. The third-order valence-corrected chi connectivity index (χ3v) is 5.83. The van der Waals surface area contributed by atoms with Crippen molar-refractivity contribution in [2.75, 3.05) is 6.54 Å². The lowest BCUT2D eigenvalue weighted by molar-refractivity contribution is 0.0638. The van der Waals surface area contributed by atoms with Gasteiger partial charge in [-0.15, -0.1) is 0 Å². The van der Waals surface area contributed by atoms with E-state index < -0.39 is 0 Å². The van der Waals surface area contributed by atoms with E-state index in [2.05, 4.69) is 20.7 Å². The monoisotopic (exact) mass is 403 g/mol. The molecule has 6 nitrogen and oxygen atoms in total. The van der Waals surface area contributed by atoms with Gasteiger partial charge in [-0.2, -0.15) is 5.10 Å². The number of carbonyl (C=O) groups excluding carboxylic acids is 1. The van der Waals surface area contributed by atoms with E-state index in [-0.39, 0.29) is 17.8 Å². The van der Waals surface area contributed by atoms with Crippen molar-refractivity contribution in [1.29, 1.82) is 0 Å². The van der Waals surface area contributed by atoms with E-state index in [1.807, 2.05) is 31.0 Å². The van der Waals surface area contributed by atoms with Gasteiger partial charge in [0.25, 0.3) is 5.91 Å². The van der Waals surface area contributed by atoms with Crippen LogP contribution in [0.5, 0.6) is 0 Å². The van der Waals surface area contributed by atoms with E-state index in [0.29, 0.717) is 35.6 Å². The molecule has 3 aromatic heterocycles. The summed E-state index contributed by atoms with van der Waals surface area (Å²) in [6.45, 7) is 5.45. The van der Waals surface area contributed by atoms with Crippen molar-refractivity contribution >= 4 is 11.6 Å². The summed E-state index contributed by atoms with van der Waals surface area (Å²) < 4.78 is 18.1. The first-order valence-corrected chi connectivity index (χ1v) is 10.2. The highest BCUT2D eigenvalue weighted by Crippen LogP contribution is 2.28. The quantitative estimate of drug-likeness (QED) is 0.517. The molecule has 1 amide bonds. The largest absolute Gasteiger partial charge is 0.348 e. The number of hydrogen-bond donors (Lipinski definition) is 0. The highest BCUT2D eigenvalue weighted by atomic mass is 19.1. The summed E-state index contributed by atoms with van der Waals surface area (Å²) in [5.74, 6) is -0.429. The van der Waals surface area contributed by atoms with Gasteiger partial charge < -0.3 is 9.47 Å². The highest BCUT2D eigenvalue weighted by molar-refractivity contribution is 5.93. The van der Waals surface area contributed by atoms with Crippen LogP contribution in [0.25, 0.3) is 16.9 Å². The maximum absolute atomic E-state index is 14.2. The Hall–Kier alpha value is -3.48. The number of halogens is 1. The molecule has 152 valence electrons. The van der Waals surface area contributed by atoms with E-state index in [1.165, 1.54) is 6.07 Å². The first-order valence-electron chi connectivity index (χ1n) is 10.2. The molecule has 0 bridgehead atoms. The van der Waals surface area contributed by atoms with E-state index in [0.717, 1.165) is 17.9 Å². The number of aromatic nitrogens is 4. The molecule has 5 rings (SSSR count). The zero-order chi connectivity index (χ0) is 20.8. The van der Waals surface area contributed by atoms with Crippen LogP contribution in [-0.2, 0) is 13.0 Å². The van der Waals surface area contributed by atoms with Crippen LogP contribution in [0.1, 0.15) is 41.8 Å². The van der Waals surface area contributed by atoms with Crippen LogP contribution in [0.3, 0.4) is 0 Å². The van der Waals surface area contributed by atoms with Gasteiger partial charge in [-0.1, -0.05) is 19.1 Å². The van der Waals surface area contributed by atoms with Crippen LogP contribution in [0.4, 0.5) is 4.39 Å². The molecule has 1 atom stereocenters. The van der Waals surface area contributed by atoms with Crippen molar-refractivity contribution in [3.63, 3.8) is 0 Å². The average Bonchev–Trinajstić information content (AvgIpc) is 3.40. The Morgan fingerprint density at radius 3 is 2.80 bits per heavy atom. The average molecular weight is 403 g/mol. The molecule has 1 aromatic carbocycles. The molecule has 0 N–H and O–H groups in total. The summed E-state index contributed by atoms with van der Waals surface area (Å²) in [5.41, 5.74) is 3.85. The molecule has 0 unspecified atom stereocenters. The second-order valence-corrected chi connectivity index (χ2v) is 7.57. The molecule has 0 fully saturated rings. The molecular formula is C23H22FN5O. The molecule has 7 heteroatoms. The predicted molar refractivity (Wildman–Crippen MR) is 112 cm³/mol. The zero-order valence-electron chi connectivity index (χ0n) is 16.9. The van der Waals surface area contributed by atoms with Crippen LogP contribution < -0.4 is 0 Å². The zero-order valence-corrected chi connectivity index (χ0v) is 16.9. The van der Waals surface area contributed by atoms with Crippen molar-refractivity contribution in [2.24, 2.45) is 0 Å². The minimum absolute atomic E-state index is 0.0248. The fourth-order valence-electron chi connectivity index (χ4n) is 4.20. The molecule has 30 heavy (non-hydrogen) atoms. The SMILES string of the molecule is CCc1cc(C(=O)N2CCn3cccc3[C@H]2C)nc2cc(-c3ccccc3F)nn12. The molecule has 4 heterocycles. The van der Waals surface area contributed by atoms with Crippen LogP contribution in [0.15, 0.2) is 54.7 Å². The first-order chi connectivity index (χ1) is 14.6. The smallest absolute Gasteiger partial charge is 0.273 e. The van der Waals surface area contributed by atoms with Crippen molar-refractivity contribution in [1.82, 2.24) is 24.1 Å². The minimum Gasteiger partial charge on any atom is -0.348 e. The standard InChI is InChI=1S/C23H22FN5O/c1-3-16-13-20(23(30)28-12-11-27-10-6-9-21(27)15(28)2)25-22-14-19(26-29(16)22)17-7-4-5-8-18(17)24/h4-10,13-15H,3,11-12H2,1-2H3/t15-/m1/s1. The van der Waals surface area contributed by atoms with Gasteiger partial charge in [0, 0.05) is 42.3 Å². The van der Waals surface area contributed by atoms with Gasteiger partial charge in [-0.3, -0.25) is 4.79 Å². The summed E-state index contributed by atoms with van der Waals surface area (Å²) in [7, 11) is 0. The molecule has 0 saturated heterocycles. The van der Waals surface area contributed by atoms with Crippen LogP contribution >= 0.6 is 0 Å². The van der Waals surface area contributed by atoms with Gasteiger partial charge in [0.2, 0.25) is 0 Å². The Bertz CT molecular complexity index is 1260. The van der Waals surface area contributed by atoms with Crippen LogP contribution in [-0.4, -0.2) is 36.5 Å². The number of fused-ring (bicyclic) bond motifs is 2. The molecular weight excluding hydrogens is 381 g/mol. The summed E-state index contributed by atoms with van der Waals surface area (Å²) in [5, 5.41) is 4.55. The second kappa shape index (κ2) is 7.09. The van der Waals surface area contributed by atoms with Crippen molar-refractivity contribution in [2.45, 2.75) is 32.9 Å². The Balaban J connectivity index is 1.55. The first kappa shape index (κ1) is 18.5. The van der Waals surface area contributed by atoms with Crippen LogP contribution in [0.2, 0.25) is 0 Å². The summed E-state index contributed by atoms with van der Waals surface area (Å²) >= 11 is 0. The Kier molecular flexibility index (Phi) is 4.38. The molecule has 1 aliphatic rings. The lowest BCUT2D eigenvalue weighted by Gasteiger charge is -2.34. The minimum atomic E-state index is -0.333. The topological polar surface area (TPSA) is 55.4 Å². The number of rotatable bonds is 3. The predicted octanol–water partition coefficient (Wildman–Crippen LogP) is 4.12. The number of nitrogens with zero attached hydrogens (tertiary/aromatic N) is 5. The van der Waals surface area contributed by atoms with Crippen molar-refractivity contribution < 1.29 is 9.18 Å². The van der Waals surface area contributed by atoms with Gasteiger partial charge in [-0.05, 0) is 43.7 Å². The van der Waals surface area contributed by atoms with Gasteiger partial charge in [0.15, 0.2) is 5.65 Å². The Labute approximate surface area is 173 Å².